The Morgan fingerprint density at radius 2 is 0.649 bits per heavy atom. The number of nitrogens with one attached hydrogen (secondary N) is 5. The van der Waals surface area contributed by atoms with Gasteiger partial charge in [-0.25, -0.2) is 14.2 Å². The largest absolute Gasteiger partial charge is 0.816 e. The van der Waals surface area contributed by atoms with Gasteiger partial charge in [0.15, 0.2) is 5.97 Å². The van der Waals surface area contributed by atoms with Gasteiger partial charge in [0.2, 0.25) is 0 Å². The van der Waals surface area contributed by atoms with Crippen LogP contribution in [0.1, 0.15) is 27.7 Å². The summed E-state index contributed by atoms with van der Waals surface area (Å²) in [6, 6.07) is 51.1. The monoisotopic (exact) mass is 1610 g/mol. The number of aliphatic hydroxyl groups excluding tert-OH is 2. The summed E-state index contributed by atoms with van der Waals surface area (Å²) in [5, 5.41) is 39.6. The first-order valence-corrected chi connectivity index (χ1v) is 33.8. The van der Waals surface area contributed by atoms with E-state index in [9.17, 15) is 19.2 Å². The van der Waals surface area contributed by atoms with Crippen molar-refractivity contribution in [2.75, 3.05) is 32.3 Å². The first kappa shape index (κ1) is 103. The third-order valence-electron chi connectivity index (χ3n) is 9.87. The van der Waals surface area contributed by atoms with Crippen LogP contribution in [0.3, 0.4) is 0 Å². The molecule has 0 fully saturated rings. The summed E-state index contributed by atoms with van der Waals surface area (Å²) in [6.07, 6.45) is 5.06. The molecule has 30 heteroatoms. The minimum atomic E-state index is -1.08. The molecular weight excluding hydrogens is 1530 g/mol. The number of esters is 1. The number of hydrogen-bond acceptors (Lipinski definition) is 18. The van der Waals surface area contributed by atoms with Crippen molar-refractivity contribution in [2.24, 2.45) is 5.92 Å². The van der Waals surface area contributed by atoms with Crippen molar-refractivity contribution >= 4 is 135 Å². The van der Waals surface area contributed by atoms with Crippen LogP contribution in [0.5, 0.6) is 34.5 Å². The third-order valence-corrected chi connectivity index (χ3v) is 13.7. The van der Waals surface area contributed by atoms with E-state index in [1.807, 2.05) is 12.1 Å². The van der Waals surface area contributed by atoms with Gasteiger partial charge in [-0.05, 0) is 85.6 Å². The first-order valence-electron chi connectivity index (χ1n) is 27.4. The fraction of sp³-hybridized carbons (Fsp3) is 0.134. The van der Waals surface area contributed by atoms with E-state index in [0.717, 1.165) is 24.5 Å². The van der Waals surface area contributed by atoms with Gasteiger partial charge in [0.1, 0.15) is 40.5 Å². The average Bonchev–Trinajstić information content (AvgIpc) is 1.17. The maximum absolute atomic E-state index is 10.5. The smallest absolute Gasteiger partial charge is 0.161 e. The summed E-state index contributed by atoms with van der Waals surface area (Å²) >= 11 is 0. The van der Waals surface area contributed by atoms with E-state index in [0.29, 0.717) is 64.5 Å². The Morgan fingerprint density at radius 1 is 0.454 bits per heavy atom. The normalized spacial score (nSPS) is 9.10. The maximum Gasteiger partial charge on any atom is 0.161 e. The number of carboxylic acids is 1. The molecular formula is C67H80N6O18Si3Y3-12. The molecule has 0 unspecified atom stereocenters. The number of aliphatic carboxylic acids is 1. The molecule has 3 amide bonds. The van der Waals surface area contributed by atoms with E-state index in [4.69, 9.17) is 59.2 Å². The molecule has 0 aliphatic heterocycles. The van der Waals surface area contributed by atoms with E-state index in [-0.39, 0.29) is 133 Å². The molecule has 24 nitrogen and oxygen atoms in total. The van der Waals surface area contributed by atoms with E-state index in [1.54, 1.807) is 110 Å². The molecule has 7 rings (SSSR count). The predicted octanol–water partition coefficient (Wildman–Crippen LogP) is 8.32. The Hall–Kier alpha value is -7.99. The molecule has 0 aliphatic carbocycles. The molecule has 10 N–H and O–H groups in total. The second-order valence-electron chi connectivity index (χ2n) is 17.7. The SMILES string of the molecule is C=C.CC(C)C.C[SiH2]c1ccc(N)cc1.C[SiH2]c1ccc(NC(C)Nc2ccc([SiH2]C)cc2)cc1.O=[C-]Nc1ccc(Oc2cc(Oc3ccc(N[C-]=O)cc3)cc(Oc3ccc(N[C-]=O)cc3)c2)cc1.O=[C-]O.O=[C-]O.[CH2-]C(=O)O.[CH2-]OC([CH2-])=O.[CH2-]O[C-]=O.[CH2-]O[C-]=O.[Y].[Y].[Y]. The number of nitrogen functional groups attached to an aromatic ring is 1. The fourth-order valence-electron chi connectivity index (χ4n) is 6.09. The average molecular weight is 1610 g/mol. The minimum Gasteiger partial charge on any atom is -0.816 e. The Bertz CT molecular complexity index is 2870. The molecule has 0 bridgehead atoms. The van der Waals surface area contributed by atoms with Gasteiger partial charge in [0.25, 0.3) is 0 Å². The summed E-state index contributed by atoms with van der Waals surface area (Å²) in [4.78, 5) is 83.8. The van der Waals surface area contributed by atoms with Crippen molar-refractivity contribution < 1.29 is 185 Å². The van der Waals surface area contributed by atoms with Gasteiger partial charge in [-0.3, -0.25) is 16.5 Å². The number of rotatable bonds is 21. The van der Waals surface area contributed by atoms with Crippen molar-refractivity contribution in [3.8, 4) is 34.5 Å². The molecule has 0 aliphatic rings. The van der Waals surface area contributed by atoms with Crippen LogP contribution in [0.2, 0.25) is 19.6 Å². The number of benzene rings is 7. The van der Waals surface area contributed by atoms with Crippen LogP contribution < -0.4 is 62.1 Å². The number of hydrogen-bond donors (Lipinski definition) is 9. The molecule has 0 aromatic heterocycles. The number of carbonyl (C=O) groups excluding carboxylic acids is 6. The molecule has 0 saturated carbocycles. The Kier molecular flexibility index (Phi) is 74.8. The summed E-state index contributed by atoms with van der Waals surface area (Å²) in [5.41, 5.74) is 10.4. The van der Waals surface area contributed by atoms with Crippen molar-refractivity contribution in [1.82, 2.24) is 0 Å². The number of carbonyl (C=O) groups is 2. The zero-order chi connectivity index (χ0) is 71.9. The van der Waals surface area contributed by atoms with Crippen LogP contribution in [-0.4, -0.2) is 107 Å². The van der Waals surface area contributed by atoms with E-state index in [2.05, 4.69) is 197 Å². The zero-order valence-electron chi connectivity index (χ0n) is 55.1. The summed E-state index contributed by atoms with van der Waals surface area (Å²) in [7, 11) is 8.06. The molecule has 0 spiro atoms. The van der Waals surface area contributed by atoms with E-state index >= 15 is 0 Å². The summed E-state index contributed by atoms with van der Waals surface area (Å²) < 4.78 is 28.7. The van der Waals surface area contributed by atoms with Gasteiger partial charge in [0, 0.05) is 133 Å². The van der Waals surface area contributed by atoms with Crippen molar-refractivity contribution in [3.63, 3.8) is 0 Å². The van der Waals surface area contributed by atoms with Crippen molar-refractivity contribution in [2.45, 2.75) is 53.5 Å². The van der Waals surface area contributed by atoms with Gasteiger partial charge in [-0.15, -0.1) is 79.6 Å². The molecule has 7 aromatic rings. The third kappa shape index (κ3) is 61.4. The zero-order valence-corrected chi connectivity index (χ0v) is 67.8. The molecule has 3 radical (unpaired) electrons. The Balaban J connectivity index is -0.000000223. The van der Waals surface area contributed by atoms with E-state index < -0.39 is 11.9 Å². The van der Waals surface area contributed by atoms with Crippen LogP contribution in [0.25, 0.3) is 0 Å². The second kappa shape index (κ2) is 70.8. The van der Waals surface area contributed by atoms with Gasteiger partial charge < -0.3 is 117 Å². The van der Waals surface area contributed by atoms with Gasteiger partial charge in [-0.1, -0.05) is 105 Å². The van der Waals surface area contributed by atoms with Crippen molar-refractivity contribution in [3.05, 3.63) is 212 Å². The number of amides is 3. The van der Waals surface area contributed by atoms with Crippen LogP contribution in [0.4, 0.5) is 34.1 Å². The van der Waals surface area contributed by atoms with Crippen molar-refractivity contribution in [1.29, 1.82) is 0 Å². The van der Waals surface area contributed by atoms with Gasteiger partial charge >= 0.3 is 0 Å². The molecule has 0 saturated heterocycles. The van der Waals surface area contributed by atoms with Crippen LogP contribution >= 0.6 is 0 Å². The molecule has 97 heavy (non-hydrogen) atoms. The first-order chi connectivity index (χ1) is 45.1. The number of ether oxygens (including phenoxy) is 6. The van der Waals surface area contributed by atoms with Crippen LogP contribution in [0.15, 0.2) is 177 Å². The predicted molar refractivity (Wildman–Crippen MR) is 379 cm³/mol. The number of carboxylic acid groups (broad SMARTS) is 1. The quantitative estimate of drug-likeness (QED) is 0.00477. The minimum absolute atomic E-state index is 0. The van der Waals surface area contributed by atoms with E-state index in [1.165, 1.54) is 26.9 Å². The Morgan fingerprint density at radius 3 is 0.825 bits per heavy atom. The van der Waals surface area contributed by atoms with Gasteiger partial charge in [-0.2, -0.15) is 7.11 Å². The number of anilines is 6. The second-order valence-corrected chi connectivity index (χ2v) is 22.3. The Labute approximate surface area is 652 Å². The summed E-state index contributed by atoms with van der Waals surface area (Å²) in [5.74, 6) is 2.03. The fourth-order valence-corrected chi connectivity index (χ4v) is 8.21. The molecule has 7 aromatic carbocycles. The standard InChI is InChI=1S/C27H18N3O6.C16H24N2Si2.C7H11NSi.C4H10.C3H4O2.2C2H2O2.C2H3O2.C2H4.2CHO2.3Y/c31-16-28-19-1-7-22(8-2-19)34-25-13-26(35-23-9-3-20(4-10-23)29-17-32)15-27(14-25)36-24-11-5-21(6-12-24)30-18-33;1-12(17-13-4-8-15(19-2)9-5-13)18-14-6-10-16(20-3)11-7-14;1-9-7-4-2-6(8)3-5-7;1-4(2)3;1-3(4)5-2;2*1-4-2-3;1-2(3)4;1-2;2*2-1-3;;;/h1-15H,(H,28,31)(H,29,32)(H,30,33);4-12,17-18H,19-20H2,1-3H3;2-5H,8-9H2,1H3;4H,1-3H3;1-2H2;2*1H2;1H2,(H,3,4);1-2H2;2*(H,2,3);;;/q-3;;;;3*-2;-1;;2*-1;;;. The van der Waals surface area contributed by atoms with Crippen LogP contribution in [-0.2, 0) is 155 Å². The summed E-state index contributed by atoms with van der Waals surface area (Å²) in [6.45, 7) is 30.1. The molecule has 519 valence electrons. The maximum atomic E-state index is 10.5. The van der Waals surface area contributed by atoms with Gasteiger partial charge in [0.05, 0.1) is 54.0 Å². The molecule has 0 heterocycles. The van der Waals surface area contributed by atoms with Crippen LogP contribution in [0, 0.1) is 41.1 Å². The topological polar surface area (TPSA) is 356 Å². The number of nitrogens with two attached hydrogens (primary N) is 1. The molecule has 0 atom stereocenters.